The molecule has 2 aromatic rings. The Balaban J connectivity index is 1.87. The van der Waals surface area contributed by atoms with Crippen molar-refractivity contribution in [1.29, 1.82) is 0 Å². The van der Waals surface area contributed by atoms with Crippen LogP contribution in [-0.4, -0.2) is 25.3 Å². The van der Waals surface area contributed by atoms with Gasteiger partial charge in [0.25, 0.3) is 0 Å². The van der Waals surface area contributed by atoms with E-state index < -0.39 is 0 Å². The van der Waals surface area contributed by atoms with E-state index in [1.165, 1.54) is 18.2 Å². The van der Waals surface area contributed by atoms with Crippen molar-refractivity contribution in [2.45, 2.75) is 10.1 Å². The van der Waals surface area contributed by atoms with E-state index in [-0.39, 0.29) is 33.1 Å². The second kappa shape index (κ2) is 5.78. The fourth-order valence-corrected chi connectivity index (χ4v) is 4.60. The largest absolute Gasteiger partial charge is 0.504 e. The van der Waals surface area contributed by atoms with Crippen LogP contribution in [0.25, 0.3) is 4.91 Å². The van der Waals surface area contributed by atoms with Gasteiger partial charge in [-0.25, -0.2) is 0 Å². The Morgan fingerprint density at radius 1 is 0.818 bits per heavy atom. The van der Waals surface area contributed by atoms with Gasteiger partial charge in [0.05, 0.1) is 10.1 Å². The first-order chi connectivity index (χ1) is 10.5. The normalized spacial score (nSPS) is 20.9. The number of allylic oxidation sites excluding steroid dienone is 1. The highest BCUT2D eigenvalue weighted by Crippen LogP contribution is 2.52. The zero-order valence-corrected chi connectivity index (χ0v) is 13.7. The van der Waals surface area contributed by atoms with E-state index in [2.05, 4.69) is 15.9 Å². The number of halogens is 1. The van der Waals surface area contributed by atoms with Crippen LogP contribution >= 0.6 is 27.7 Å². The molecule has 0 saturated carbocycles. The number of hydrogen-bond acceptors (Lipinski definition) is 5. The van der Waals surface area contributed by atoms with E-state index in [0.29, 0.717) is 0 Å². The Labute approximate surface area is 139 Å². The third-order valence-electron chi connectivity index (χ3n) is 3.44. The molecule has 1 heterocycles. The van der Waals surface area contributed by atoms with Gasteiger partial charge in [0.15, 0.2) is 23.0 Å². The fourth-order valence-electron chi connectivity index (χ4n) is 2.28. The van der Waals surface area contributed by atoms with Gasteiger partial charge in [-0.05, 0) is 41.5 Å². The van der Waals surface area contributed by atoms with Crippen molar-refractivity contribution in [1.82, 2.24) is 0 Å². The Morgan fingerprint density at radius 3 is 2.09 bits per heavy atom. The van der Waals surface area contributed by atoms with E-state index in [9.17, 15) is 20.4 Å². The lowest BCUT2D eigenvalue weighted by Gasteiger charge is -2.15. The number of aromatic hydroxyl groups is 4. The highest BCUT2D eigenvalue weighted by atomic mass is 79.9. The van der Waals surface area contributed by atoms with E-state index in [1.54, 1.807) is 30.0 Å². The van der Waals surface area contributed by atoms with Crippen LogP contribution in [-0.2, 0) is 0 Å². The maximum Gasteiger partial charge on any atom is 0.158 e. The summed E-state index contributed by atoms with van der Waals surface area (Å²) in [5.41, 5.74) is 1.70. The minimum atomic E-state index is -0.157. The smallest absolute Gasteiger partial charge is 0.158 e. The van der Waals surface area contributed by atoms with Crippen molar-refractivity contribution >= 4 is 32.6 Å². The van der Waals surface area contributed by atoms with Gasteiger partial charge in [-0.1, -0.05) is 28.1 Å². The number of phenols is 4. The first-order valence-corrected chi connectivity index (χ1v) is 8.32. The molecule has 0 amide bonds. The number of phenolic OH excluding ortho intramolecular Hbond substituents is 4. The van der Waals surface area contributed by atoms with Crippen LogP contribution in [0.4, 0.5) is 0 Å². The number of rotatable bonds is 2. The lowest BCUT2D eigenvalue weighted by atomic mass is 10.1. The van der Waals surface area contributed by atoms with Crippen molar-refractivity contribution in [3.63, 3.8) is 0 Å². The highest BCUT2D eigenvalue weighted by molar-refractivity contribution is 9.09. The minimum absolute atomic E-state index is 0.0393. The average molecular weight is 381 g/mol. The van der Waals surface area contributed by atoms with Crippen LogP contribution in [0.5, 0.6) is 23.0 Å². The number of benzene rings is 2. The summed E-state index contributed by atoms with van der Waals surface area (Å²) in [6, 6.07) is 9.50. The number of alkyl halides is 1. The van der Waals surface area contributed by atoms with Gasteiger partial charge in [0, 0.05) is 4.91 Å². The summed E-state index contributed by atoms with van der Waals surface area (Å²) in [4.78, 5) is 1.02. The third-order valence-corrected chi connectivity index (χ3v) is 6.03. The van der Waals surface area contributed by atoms with Crippen LogP contribution in [0.1, 0.15) is 16.4 Å². The van der Waals surface area contributed by atoms with Crippen molar-refractivity contribution in [2.24, 2.45) is 0 Å². The summed E-state index contributed by atoms with van der Waals surface area (Å²) >= 11 is 5.18. The highest BCUT2D eigenvalue weighted by Gasteiger charge is 2.29. The summed E-state index contributed by atoms with van der Waals surface area (Å²) < 4.78 is 0. The maximum absolute atomic E-state index is 9.64. The van der Waals surface area contributed by atoms with Gasteiger partial charge >= 0.3 is 0 Å². The molecular formula is C16H13BrO4S. The molecule has 6 heteroatoms. The monoisotopic (exact) mass is 380 g/mol. The van der Waals surface area contributed by atoms with E-state index in [1.807, 2.05) is 6.08 Å². The van der Waals surface area contributed by atoms with E-state index >= 15 is 0 Å². The van der Waals surface area contributed by atoms with Gasteiger partial charge in [0.2, 0.25) is 0 Å². The van der Waals surface area contributed by atoms with E-state index in [4.69, 9.17) is 0 Å². The molecular weight excluding hydrogens is 368 g/mol. The Morgan fingerprint density at radius 2 is 1.45 bits per heavy atom. The Hall–Kier alpha value is -1.79. The molecule has 0 saturated heterocycles. The van der Waals surface area contributed by atoms with Crippen LogP contribution < -0.4 is 0 Å². The SMILES string of the molecule is Oc1ccc(C2=CC(Br)C(c3ccc(O)c(O)c3)S2)cc1O. The summed E-state index contributed by atoms with van der Waals surface area (Å²) in [6.45, 7) is 0. The van der Waals surface area contributed by atoms with Crippen molar-refractivity contribution < 1.29 is 20.4 Å². The van der Waals surface area contributed by atoms with Crippen molar-refractivity contribution in [2.75, 3.05) is 0 Å². The fraction of sp³-hybridized carbons (Fsp3) is 0.125. The minimum Gasteiger partial charge on any atom is -0.504 e. The first kappa shape index (κ1) is 15.1. The Kier molecular flexibility index (Phi) is 3.97. The molecule has 3 rings (SSSR count). The van der Waals surface area contributed by atoms with Crippen molar-refractivity contribution in [3.8, 4) is 23.0 Å². The molecule has 1 aliphatic rings. The number of hydrogen-bond donors (Lipinski definition) is 4. The van der Waals surface area contributed by atoms with Crippen LogP contribution in [0.2, 0.25) is 0 Å². The maximum atomic E-state index is 9.64. The molecule has 114 valence electrons. The molecule has 0 spiro atoms. The molecule has 1 aliphatic heterocycles. The van der Waals surface area contributed by atoms with E-state index in [0.717, 1.165) is 16.0 Å². The van der Waals surface area contributed by atoms with Gasteiger partial charge in [0.1, 0.15) is 0 Å². The second-order valence-corrected chi connectivity index (χ2v) is 7.21. The third kappa shape index (κ3) is 2.76. The Bertz CT molecular complexity index is 760. The standard InChI is InChI=1S/C16H13BrO4S/c17-10-7-15(8-1-3-11(18)13(20)5-8)22-16(10)9-2-4-12(19)14(21)6-9/h1-7,10,16,18-21H. The molecule has 0 radical (unpaired) electrons. The molecule has 2 aromatic carbocycles. The number of thioether (sulfide) groups is 1. The van der Waals surface area contributed by atoms with Crippen LogP contribution in [0.3, 0.4) is 0 Å². The topological polar surface area (TPSA) is 80.9 Å². The molecule has 22 heavy (non-hydrogen) atoms. The zero-order chi connectivity index (χ0) is 15.9. The molecule has 2 unspecified atom stereocenters. The van der Waals surface area contributed by atoms with Gasteiger partial charge in [-0.3, -0.25) is 0 Å². The lowest BCUT2D eigenvalue weighted by molar-refractivity contribution is 0.403. The predicted octanol–water partition coefficient (Wildman–Crippen LogP) is 4.10. The molecule has 0 fully saturated rings. The second-order valence-electron chi connectivity index (χ2n) is 4.97. The average Bonchev–Trinajstić information content (AvgIpc) is 2.87. The van der Waals surface area contributed by atoms with Gasteiger partial charge in [-0.15, -0.1) is 11.8 Å². The lowest BCUT2D eigenvalue weighted by Crippen LogP contribution is -2.01. The molecule has 0 bridgehead atoms. The summed E-state index contributed by atoms with van der Waals surface area (Å²) in [6.07, 6.45) is 2.02. The molecule has 0 aromatic heterocycles. The van der Waals surface area contributed by atoms with Gasteiger partial charge in [-0.2, -0.15) is 0 Å². The predicted molar refractivity (Wildman–Crippen MR) is 90.6 cm³/mol. The van der Waals surface area contributed by atoms with Crippen molar-refractivity contribution in [3.05, 3.63) is 53.6 Å². The first-order valence-electron chi connectivity index (χ1n) is 6.52. The quantitative estimate of drug-likeness (QED) is 0.465. The zero-order valence-electron chi connectivity index (χ0n) is 11.3. The summed E-state index contributed by atoms with van der Waals surface area (Å²) in [7, 11) is 0. The molecule has 4 N–H and O–H groups in total. The summed E-state index contributed by atoms with van der Waals surface area (Å²) in [5.74, 6) is -0.596. The van der Waals surface area contributed by atoms with Crippen LogP contribution in [0.15, 0.2) is 42.5 Å². The molecule has 0 aliphatic carbocycles. The molecule has 4 nitrogen and oxygen atoms in total. The molecule has 2 atom stereocenters. The van der Waals surface area contributed by atoms with Gasteiger partial charge < -0.3 is 20.4 Å². The van der Waals surface area contributed by atoms with Crippen LogP contribution in [0, 0.1) is 0 Å². The summed E-state index contributed by atoms with van der Waals surface area (Å²) in [5, 5.41) is 38.1.